The molecule has 0 aliphatic heterocycles. The van der Waals surface area contributed by atoms with Gasteiger partial charge in [-0.05, 0) is 43.5 Å². The predicted octanol–water partition coefficient (Wildman–Crippen LogP) is 1.99. The highest BCUT2D eigenvalue weighted by molar-refractivity contribution is 7.92. The smallest absolute Gasteiger partial charge is 0.335 e. The fourth-order valence-corrected chi connectivity index (χ4v) is 4.45. The Hall–Kier alpha value is -1.89. The van der Waals surface area contributed by atoms with Crippen molar-refractivity contribution in [1.82, 2.24) is 0 Å². The van der Waals surface area contributed by atoms with Crippen LogP contribution in [0.2, 0.25) is 0 Å². The number of aromatic carboxylic acids is 1. The number of nitrogens with one attached hydrogen (secondary N) is 1. The molecule has 2 N–H and O–H groups in total. The zero-order chi connectivity index (χ0) is 16.3. The first-order valence-corrected chi connectivity index (χ1v) is 8.86. The quantitative estimate of drug-likeness (QED) is 0.862. The summed E-state index contributed by atoms with van der Waals surface area (Å²) in [6.07, 6.45) is 3.03. The lowest BCUT2D eigenvalue weighted by molar-refractivity contribution is -0.113. The molecular formula is C15H19NO5S. The summed E-state index contributed by atoms with van der Waals surface area (Å²) in [5, 5.41) is 11.1. The van der Waals surface area contributed by atoms with Gasteiger partial charge in [0.05, 0.1) is 10.8 Å². The van der Waals surface area contributed by atoms with Crippen molar-refractivity contribution in [3.05, 3.63) is 29.3 Å². The maximum atomic E-state index is 12.1. The average molecular weight is 325 g/mol. The van der Waals surface area contributed by atoms with Crippen molar-refractivity contribution in [3.63, 3.8) is 0 Å². The summed E-state index contributed by atoms with van der Waals surface area (Å²) in [5.74, 6) is -2.16. The number of carboxylic acid groups (broad SMARTS) is 1. The Labute approximate surface area is 129 Å². The summed E-state index contributed by atoms with van der Waals surface area (Å²) in [4.78, 5) is 22.8. The molecule has 22 heavy (non-hydrogen) atoms. The van der Waals surface area contributed by atoms with Crippen LogP contribution in [0.1, 0.15) is 41.6 Å². The second-order valence-corrected chi connectivity index (χ2v) is 7.88. The van der Waals surface area contributed by atoms with Gasteiger partial charge in [0.15, 0.2) is 9.84 Å². The average Bonchev–Trinajstić information content (AvgIpc) is 2.91. The molecule has 0 radical (unpaired) electrons. The van der Waals surface area contributed by atoms with Gasteiger partial charge in [0, 0.05) is 5.69 Å². The van der Waals surface area contributed by atoms with Gasteiger partial charge in [-0.3, -0.25) is 4.79 Å². The number of carbonyl (C=O) groups excluding carboxylic acids is 1. The van der Waals surface area contributed by atoms with Crippen LogP contribution in [0.5, 0.6) is 0 Å². The molecule has 0 atom stereocenters. The molecule has 7 heteroatoms. The highest BCUT2D eigenvalue weighted by Crippen LogP contribution is 2.25. The summed E-state index contributed by atoms with van der Waals surface area (Å²) in [6.45, 7) is 1.62. The van der Waals surface area contributed by atoms with Gasteiger partial charge in [-0.2, -0.15) is 0 Å². The molecule has 1 amide bonds. The third-order valence-corrected chi connectivity index (χ3v) is 6.03. The van der Waals surface area contributed by atoms with Crippen molar-refractivity contribution in [2.45, 2.75) is 37.9 Å². The monoisotopic (exact) mass is 325 g/mol. The Bertz CT molecular complexity index is 690. The molecule has 120 valence electrons. The molecule has 0 spiro atoms. The van der Waals surface area contributed by atoms with Crippen molar-refractivity contribution < 1.29 is 23.1 Å². The normalized spacial score (nSPS) is 15.7. The molecule has 6 nitrogen and oxygen atoms in total. The number of benzene rings is 1. The first-order valence-electron chi connectivity index (χ1n) is 7.15. The SMILES string of the molecule is Cc1cc(NC(=O)CS(=O)(=O)C2CCCC2)ccc1C(=O)O. The standard InChI is InChI=1S/C15H19NO5S/c1-10-8-11(6-7-13(10)15(18)19)16-14(17)9-22(20,21)12-4-2-3-5-12/h6-8,12H,2-5,9H2,1H3,(H,16,17)(H,18,19). The van der Waals surface area contributed by atoms with Crippen LogP contribution in [0.4, 0.5) is 5.69 Å². The Morgan fingerprint density at radius 3 is 2.45 bits per heavy atom. The molecule has 0 heterocycles. The highest BCUT2D eigenvalue weighted by Gasteiger charge is 2.30. The molecule has 1 aliphatic carbocycles. The van der Waals surface area contributed by atoms with E-state index >= 15 is 0 Å². The van der Waals surface area contributed by atoms with Crippen LogP contribution in [-0.4, -0.2) is 36.4 Å². The van der Waals surface area contributed by atoms with Crippen molar-refractivity contribution in [1.29, 1.82) is 0 Å². The van der Waals surface area contributed by atoms with E-state index in [1.54, 1.807) is 6.92 Å². The number of carbonyl (C=O) groups is 2. The molecule has 1 aliphatic rings. The van der Waals surface area contributed by atoms with Gasteiger partial charge in [-0.25, -0.2) is 13.2 Å². The van der Waals surface area contributed by atoms with Gasteiger partial charge >= 0.3 is 5.97 Å². The molecule has 1 aromatic rings. The molecule has 1 saturated carbocycles. The summed E-state index contributed by atoms with van der Waals surface area (Å²) in [6, 6.07) is 4.36. The summed E-state index contributed by atoms with van der Waals surface area (Å²) in [7, 11) is -3.42. The van der Waals surface area contributed by atoms with Crippen LogP contribution in [0.3, 0.4) is 0 Å². The van der Waals surface area contributed by atoms with Crippen LogP contribution in [-0.2, 0) is 14.6 Å². The van der Waals surface area contributed by atoms with E-state index in [4.69, 9.17) is 5.11 Å². The highest BCUT2D eigenvalue weighted by atomic mass is 32.2. The maximum Gasteiger partial charge on any atom is 0.335 e. The van der Waals surface area contributed by atoms with Crippen molar-refractivity contribution in [3.8, 4) is 0 Å². The Morgan fingerprint density at radius 1 is 1.27 bits per heavy atom. The zero-order valence-electron chi connectivity index (χ0n) is 12.3. The summed E-state index contributed by atoms with van der Waals surface area (Å²) >= 11 is 0. The lowest BCUT2D eigenvalue weighted by Gasteiger charge is -2.12. The number of sulfone groups is 1. The number of aryl methyl sites for hydroxylation is 1. The van der Waals surface area contributed by atoms with E-state index in [1.165, 1.54) is 18.2 Å². The van der Waals surface area contributed by atoms with Gasteiger partial charge in [-0.15, -0.1) is 0 Å². The minimum Gasteiger partial charge on any atom is -0.478 e. The molecule has 0 aromatic heterocycles. The van der Waals surface area contributed by atoms with Gasteiger partial charge in [-0.1, -0.05) is 12.8 Å². The fourth-order valence-electron chi connectivity index (χ4n) is 2.73. The van der Waals surface area contributed by atoms with Crippen LogP contribution >= 0.6 is 0 Å². The van der Waals surface area contributed by atoms with E-state index in [1.807, 2.05) is 0 Å². The molecular weight excluding hydrogens is 306 g/mol. The van der Waals surface area contributed by atoms with Gasteiger partial charge in [0.25, 0.3) is 0 Å². The second-order valence-electron chi connectivity index (χ2n) is 5.60. The van der Waals surface area contributed by atoms with Crippen molar-refractivity contribution >= 4 is 27.4 Å². The van der Waals surface area contributed by atoms with Gasteiger partial charge in [0.2, 0.25) is 5.91 Å². The number of carboxylic acids is 1. The predicted molar refractivity (Wildman–Crippen MR) is 82.8 cm³/mol. The molecule has 0 bridgehead atoms. The molecule has 1 fully saturated rings. The second kappa shape index (κ2) is 6.48. The van der Waals surface area contributed by atoms with E-state index in [2.05, 4.69) is 5.32 Å². The van der Waals surface area contributed by atoms with Crippen LogP contribution in [0.25, 0.3) is 0 Å². The Morgan fingerprint density at radius 2 is 1.91 bits per heavy atom. The van der Waals surface area contributed by atoms with Gasteiger partial charge < -0.3 is 10.4 Å². The Kier molecular flexibility index (Phi) is 4.85. The summed E-state index contributed by atoms with van der Waals surface area (Å²) < 4.78 is 24.2. The van der Waals surface area contributed by atoms with E-state index < -0.39 is 32.7 Å². The van der Waals surface area contributed by atoms with Crippen LogP contribution in [0, 0.1) is 6.92 Å². The van der Waals surface area contributed by atoms with Crippen molar-refractivity contribution in [2.24, 2.45) is 0 Å². The zero-order valence-corrected chi connectivity index (χ0v) is 13.1. The number of amides is 1. The largest absolute Gasteiger partial charge is 0.478 e. The van der Waals surface area contributed by atoms with Crippen molar-refractivity contribution in [2.75, 3.05) is 11.1 Å². The van der Waals surface area contributed by atoms with E-state index in [0.29, 0.717) is 24.1 Å². The number of rotatable bonds is 5. The first kappa shape index (κ1) is 16.5. The lowest BCUT2D eigenvalue weighted by Crippen LogP contribution is -2.29. The Balaban J connectivity index is 2.03. The minimum atomic E-state index is -3.42. The minimum absolute atomic E-state index is 0.150. The number of anilines is 1. The molecule has 0 saturated heterocycles. The van der Waals surface area contributed by atoms with E-state index in [0.717, 1.165) is 12.8 Å². The number of hydrogen-bond donors (Lipinski definition) is 2. The third-order valence-electron chi connectivity index (χ3n) is 3.88. The lowest BCUT2D eigenvalue weighted by atomic mass is 10.1. The van der Waals surface area contributed by atoms with E-state index in [-0.39, 0.29) is 5.56 Å². The molecule has 1 aromatic carbocycles. The first-order chi connectivity index (χ1) is 10.3. The van der Waals surface area contributed by atoms with Crippen LogP contribution in [0.15, 0.2) is 18.2 Å². The maximum absolute atomic E-state index is 12.1. The molecule has 2 rings (SSSR count). The number of hydrogen-bond acceptors (Lipinski definition) is 4. The fraction of sp³-hybridized carbons (Fsp3) is 0.467. The third kappa shape index (κ3) is 3.85. The topological polar surface area (TPSA) is 101 Å². The van der Waals surface area contributed by atoms with Gasteiger partial charge in [0.1, 0.15) is 5.75 Å². The molecule has 0 unspecified atom stereocenters. The summed E-state index contributed by atoms with van der Waals surface area (Å²) in [5.41, 5.74) is 1.05. The van der Waals surface area contributed by atoms with E-state index in [9.17, 15) is 18.0 Å². The van der Waals surface area contributed by atoms with Crippen LogP contribution < -0.4 is 5.32 Å².